The lowest BCUT2D eigenvalue weighted by Gasteiger charge is -2.07. The zero-order valence-electron chi connectivity index (χ0n) is 12.6. The van der Waals surface area contributed by atoms with Gasteiger partial charge in [-0.3, -0.25) is 9.59 Å². The van der Waals surface area contributed by atoms with Crippen LogP contribution in [0.4, 0.5) is 8.78 Å². The van der Waals surface area contributed by atoms with Crippen molar-refractivity contribution >= 4 is 37.5 Å². The van der Waals surface area contributed by atoms with Crippen LogP contribution in [-0.4, -0.2) is 18.9 Å². The van der Waals surface area contributed by atoms with Gasteiger partial charge in [-0.1, -0.05) is 11.3 Å². The van der Waals surface area contributed by atoms with E-state index in [1.807, 2.05) is 0 Å². The summed E-state index contributed by atoms with van der Waals surface area (Å²) >= 11 is 0.859. The Morgan fingerprint density at radius 2 is 1.76 bits per heavy atom. The number of aryl methyl sites for hydroxylation is 1. The highest BCUT2D eigenvalue weighted by atomic mass is 32.2. The monoisotopic (exact) mass is 384 g/mol. The van der Waals surface area contributed by atoms with Crippen molar-refractivity contribution in [3.05, 3.63) is 63.3 Å². The van der Waals surface area contributed by atoms with Crippen LogP contribution in [0, 0.1) is 11.6 Å². The molecule has 25 heavy (non-hydrogen) atoms. The minimum absolute atomic E-state index is 0.243. The number of aromatic nitrogens is 1. The number of fused-ring (bicyclic) bond motifs is 1. The molecule has 2 aromatic carbocycles. The standard InChI is InChI=1S/C15H10F2N2O4S2/c1-19-12-3-2-11(7-13(12)24-15(19)21)25(22,23)18-14(20)8-4-9(16)6-10(17)5-8/h2-7H,1H3,(H,18,20). The Hall–Kier alpha value is -2.59. The summed E-state index contributed by atoms with van der Waals surface area (Å²) in [4.78, 5) is 23.1. The predicted octanol–water partition coefficient (Wildman–Crippen LogP) is 2.00. The van der Waals surface area contributed by atoms with Crippen LogP contribution in [-0.2, 0) is 17.1 Å². The van der Waals surface area contributed by atoms with E-state index in [0.717, 1.165) is 23.5 Å². The maximum atomic E-state index is 13.2. The van der Waals surface area contributed by atoms with E-state index in [9.17, 15) is 26.8 Å². The van der Waals surface area contributed by atoms with E-state index in [-0.39, 0.29) is 9.77 Å². The van der Waals surface area contributed by atoms with Crippen molar-refractivity contribution in [3.8, 4) is 0 Å². The molecule has 0 aliphatic heterocycles. The van der Waals surface area contributed by atoms with Gasteiger partial charge in [-0.15, -0.1) is 0 Å². The number of nitrogens with one attached hydrogen (secondary N) is 1. The summed E-state index contributed by atoms with van der Waals surface area (Å²) < 4.78 is 54.5. The molecule has 0 spiro atoms. The summed E-state index contributed by atoms with van der Waals surface area (Å²) in [7, 11) is -2.73. The fourth-order valence-corrected chi connectivity index (χ4v) is 4.20. The first kappa shape index (κ1) is 17.2. The first-order chi connectivity index (χ1) is 11.7. The van der Waals surface area contributed by atoms with E-state index < -0.39 is 33.1 Å². The summed E-state index contributed by atoms with van der Waals surface area (Å²) in [5.74, 6) is -3.17. The topological polar surface area (TPSA) is 85.2 Å². The van der Waals surface area contributed by atoms with Crippen molar-refractivity contribution in [3.63, 3.8) is 0 Å². The van der Waals surface area contributed by atoms with Gasteiger partial charge in [-0.2, -0.15) is 0 Å². The highest BCUT2D eigenvalue weighted by Gasteiger charge is 2.21. The van der Waals surface area contributed by atoms with Crippen molar-refractivity contribution in [1.82, 2.24) is 9.29 Å². The number of hydrogen-bond donors (Lipinski definition) is 1. The molecule has 0 radical (unpaired) electrons. The second-order valence-electron chi connectivity index (χ2n) is 5.15. The third-order valence-electron chi connectivity index (χ3n) is 3.43. The van der Waals surface area contributed by atoms with Gasteiger partial charge in [0.15, 0.2) is 0 Å². The maximum Gasteiger partial charge on any atom is 0.307 e. The number of benzene rings is 2. The Balaban J connectivity index is 1.96. The first-order valence-electron chi connectivity index (χ1n) is 6.80. The molecule has 0 unspecified atom stereocenters. The molecule has 0 saturated heterocycles. The van der Waals surface area contributed by atoms with Crippen molar-refractivity contribution in [2.45, 2.75) is 4.90 Å². The van der Waals surface area contributed by atoms with Crippen molar-refractivity contribution in [2.24, 2.45) is 7.05 Å². The molecule has 6 nitrogen and oxygen atoms in total. The number of sulfonamides is 1. The Morgan fingerprint density at radius 1 is 1.12 bits per heavy atom. The summed E-state index contributed by atoms with van der Waals surface area (Å²) in [6.45, 7) is 0. The average molecular weight is 384 g/mol. The van der Waals surface area contributed by atoms with Crippen LogP contribution in [0.25, 0.3) is 10.2 Å². The molecule has 0 saturated carbocycles. The van der Waals surface area contributed by atoms with Gasteiger partial charge >= 0.3 is 4.87 Å². The van der Waals surface area contributed by atoms with Crippen molar-refractivity contribution < 1.29 is 22.0 Å². The zero-order chi connectivity index (χ0) is 18.4. The molecule has 1 N–H and O–H groups in total. The van der Waals surface area contributed by atoms with Gasteiger partial charge < -0.3 is 4.57 Å². The van der Waals surface area contributed by atoms with Gasteiger partial charge in [0.2, 0.25) is 0 Å². The summed E-state index contributed by atoms with van der Waals surface area (Å²) in [6, 6.07) is 5.93. The fourth-order valence-electron chi connectivity index (χ4n) is 2.21. The van der Waals surface area contributed by atoms with Crippen LogP contribution < -0.4 is 9.60 Å². The van der Waals surface area contributed by atoms with Crippen molar-refractivity contribution in [1.29, 1.82) is 0 Å². The van der Waals surface area contributed by atoms with E-state index in [2.05, 4.69) is 0 Å². The Bertz CT molecular complexity index is 1150. The third-order valence-corrected chi connectivity index (χ3v) is 5.75. The number of thiazole rings is 1. The molecule has 0 aliphatic carbocycles. The lowest BCUT2D eigenvalue weighted by Crippen LogP contribution is -2.30. The predicted molar refractivity (Wildman–Crippen MR) is 88.1 cm³/mol. The van der Waals surface area contributed by atoms with Crippen LogP contribution in [0.3, 0.4) is 0 Å². The molecule has 3 aromatic rings. The smallest absolute Gasteiger partial charge is 0.302 e. The van der Waals surface area contributed by atoms with Gasteiger partial charge in [-0.25, -0.2) is 21.9 Å². The second-order valence-corrected chi connectivity index (χ2v) is 7.82. The molecule has 0 bridgehead atoms. The number of halogens is 2. The SMILES string of the molecule is Cn1c(=O)sc2cc(S(=O)(=O)NC(=O)c3cc(F)cc(F)c3)ccc21. The molecule has 0 aliphatic rings. The summed E-state index contributed by atoms with van der Waals surface area (Å²) in [6.07, 6.45) is 0. The number of carbonyl (C=O) groups excluding carboxylic acids is 1. The molecule has 0 fully saturated rings. The minimum atomic E-state index is -4.28. The van der Waals surface area contributed by atoms with Crippen molar-refractivity contribution in [2.75, 3.05) is 0 Å². The third kappa shape index (κ3) is 3.30. The number of amides is 1. The fraction of sp³-hybridized carbons (Fsp3) is 0.0667. The zero-order valence-corrected chi connectivity index (χ0v) is 14.2. The van der Waals surface area contributed by atoms with E-state index in [0.29, 0.717) is 16.3 Å². The average Bonchev–Trinajstić information content (AvgIpc) is 2.80. The normalized spacial score (nSPS) is 11.6. The largest absolute Gasteiger partial charge is 0.307 e. The molecule has 10 heteroatoms. The minimum Gasteiger partial charge on any atom is -0.302 e. The number of carbonyl (C=O) groups is 1. The number of rotatable bonds is 3. The van der Waals surface area contributed by atoms with E-state index >= 15 is 0 Å². The van der Waals surface area contributed by atoms with Gasteiger partial charge in [0.1, 0.15) is 11.6 Å². The summed E-state index contributed by atoms with van der Waals surface area (Å²) in [5, 5.41) is 0. The highest BCUT2D eigenvalue weighted by molar-refractivity contribution is 7.90. The van der Waals surface area contributed by atoms with E-state index in [4.69, 9.17) is 0 Å². The lowest BCUT2D eigenvalue weighted by molar-refractivity contribution is 0.0980. The molecule has 1 heterocycles. The van der Waals surface area contributed by atoms with E-state index in [1.54, 1.807) is 11.8 Å². The van der Waals surface area contributed by atoms with Crippen LogP contribution in [0.1, 0.15) is 10.4 Å². The lowest BCUT2D eigenvalue weighted by atomic mass is 10.2. The van der Waals surface area contributed by atoms with E-state index in [1.165, 1.54) is 22.8 Å². The first-order valence-corrected chi connectivity index (χ1v) is 9.10. The Labute approximate surface area is 144 Å². The second kappa shape index (κ2) is 6.05. The number of hydrogen-bond acceptors (Lipinski definition) is 5. The van der Waals surface area contributed by atoms with Crippen LogP contribution in [0.2, 0.25) is 0 Å². The molecular formula is C15H10F2N2O4S2. The van der Waals surface area contributed by atoms with Gasteiger partial charge in [0, 0.05) is 18.7 Å². The summed E-state index contributed by atoms with van der Waals surface area (Å²) in [5.41, 5.74) is 0.0824. The maximum absolute atomic E-state index is 13.2. The molecule has 1 amide bonds. The van der Waals surface area contributed by atoms with Crippen LogP contribution >= 0.6 is 11.3 Å². The Morgan fingerprint density at radius 3 is 2.40 bits per heavy atom. The molecule has 0 atom stereocenters. The van der Waals surface area contributed by atoms with Gasteiger partial charge in [0.05, 0.1) is 15.1 Å². The van der Waals surface area contributed by atoms with Gasteiger partial charge in [-0.05, 0) is 30.3 Å². The highest BCUT2D eigenvalue weighted by Crippen LogP contribution is 2.21. The Kier molecular flexibility index (Phi) is 4.17. The van der Waals surface area contributed by atoms with Gasteiger partial charge in [0.25, 0.3) is 15.9 Å². The quantitative estimate of drug-likeness (QED) is 0.749. The van der Waals surface area contributed by atoms with Crippen LogP contribution in [0.15, 0.2) is 46.1 Å². The number of nitrogens with zero attached hydrogens (tertiary/aromatic N) is 1. The van der Waals surface area contributed by atoms with Crippen LogP contribution in [0.5, 0.6) is 0 Å². The molecular weight excluding hydrogens is 374 g/mol. The molecule has 1 aromatic heterocycles. The molecule has 130 valence electrons. The molecule has 3 rings (SSSR count).